The summed E-state index contributed by atoms with van der Waals surface area (Å²) in [7, 11) is 0. The van der Waals surface area contributed by atoms with Gasteiger partial charge in [-0.3, -0.25) is 0 Å². The number of hydrogen-bond acceptors (Lipinski definition) is 1. The van der Waals surface area contributed by atoms with Crippen LogP contribution in [0.2, 0.25) is 0 Å². The molecule has 1 nitrogen and oxygen atoms in total. The molecule has 0 saturated carbocycles. The van der Waals surface area contributed by atoms with Crippen LogP contribution in [0.4, 0.5) is 0 Å². The van der Waals surface area contributed by atoms with Crippen molar-refractivity contribution in [3.63, 3.8) is 0 Å². The van der Waals surface area contributed by atoms with Crippen LogP contribution in [0, 0.1) is 0 Å². The Bertz CT molecular complexity index is 435. The summed E-state index contributed by atoms with van der Waals surface area (Å²) in [4.78, 5) is 0. The van der Waals surface area contributed by atoms with E-state index in [1.165, 1.54) is 50.5 Å². The minimum absolute atomic E-state index is 0.332. The van der Waals surface area contributed by atoms with Gasteiger partial charge in [0.05, 0.1) is 0 Å². The minimum atomic E-state index is 0.332. The molecule has 0 bridgehead atoms. The Balaban J connectivity index is 1.95. The van der Waals surface area contributed by atoms with Crippen LogP contribution in [-0.2, 0) is 5.41 Å². The second-order valence-corrected chi connectivity index (χ2v) is 7.48. The molecule has 2 rings (SSSR count). The lowest BCUT2D eigenvalue weighted by Crippen LogP contribution is -2.36. The largest absolute Gasteiger partial charge is 0.307 e. The van der Waals surface area contributed by atoms with Gasteiger partial charge < -0.3 is 5.32 Å². The maximum Gasteiger partial charge on any atom is 0.0325 e. The number of unbranched alkanes of at least 4 members (excludes halogenated alkanes) is 3. The van der Waals surface area contributed by atoms with Crippen LogP contribution in [0.25, 0.3) is 0 Å². The van der Waals surface area contributed by atoms with Gasteiger partial charge >= 0.3 is 0 Å². The summed E-state index contributed by atoms with van der Waals surface area (Å²) in [5.41, 5.74) is 3.42. The van der Waals surface area contributed by atoms with E-state index >= 15 is 0 Å². The number of fused-ring (bicyclic) bond motifs is 1. The monoisotopic (exact) mass is 287 g/mol. The smallest absolute Gasteiger partial charge is 0.0325 e. The fourth-order valence-corrected chi connectivity index (χ4v) is 3.69. The van der Waals surface area contributed by atoms with E-state index in [0.717, 1.165) is 0 Å². The molecule has 1 aliphatic rings. The highest BCUT2D eigenvalue weighted by atomic mass is 14.9. The molecule has 2 unspecified atom stereocenters. The van der Waals surface area contributed by atoms with Crippen molar-refractivity contribution in [3.05, 3.63) is 35.4 Å². The Kier molecular flexibility index (Phi) is 5.87. The van der Waals surface area contributed by atoms with Gasteiger partial charge in [0.25, 0.3) is 0 Å². The molecular weight excluding hydrogens is 254 g/mol. The molecule has 0 aromatic heterocycles. The lowest BCUT2D eigenvalue weighted by Gasteiger charge is -2.38. The van der Waals surface area contributed by atoms with E-state index in [2.05, 4.69) is 57.3 Å². The maximum atomic E-state index is 3.89. The van der Waals surface area contributed by atoms with Crippen LogP contribution in [0.5, 0.6) is 0 Å². The fourth-order valence-electron chi connectivity index (χ4n) is 3.69. The van der Waals surface area contributed by atoms with E-state index < -0.39 is 0 Å². The summed E-state index contributed by atoms with van der Waals surface area (Å²) in [6.07, 6.45) is 9.31. The summed E-state index contributed by atoms with van der Waals surface area (Å²) < 4.78 is 0. The molecule has 1 heteroatoms. The molecule has 0 fully saturated rings. The van der Waals surface area contributed by atoms with Crippen molar-refractivity contribution < 1.29 is 0 Å². The average molecular weight is 287 g/mol. The molecule has 1 N–H and O–H groups in total. The highest BCUT2D eigenvalue weighted by Gasteiger charge is 2.32. The van der Waals surface area contributed by atoms with Crippen molar-refractivity contribution >= 4 is 0 Å². The molecule has 0 saturated heterocycles. The van der Waals surface area contributed by atoms with Crippen LogP contribution in [0.1, 0.15) is 89.8 Å². The van der Waals surface area contributed by atoms with Gasteiger partial charge in [0, 0.05) is 12.1 Å². The van der Waals surface area contributed by atoms with E-state index in [0.29, 0.717) is 17.5 Å². The van der Waals surface area contributed by atoms with Crippen molar-refractivity contribution in [2.75, 3.05) is 0 Å². The highest BCUT2D eigenvalue weighted by Crippen LogP contribution is 2.41. The summed E-state index contributed by atoms with van der Waals surface area (Å²) >= 11 is 0. The SMILES string of the molecule is CCCCCCC(C)NC1CCC(C)(C)c2ccccc21. The Morgan fingerprint density at radius 1 is 1.19 bits per heavy atom. The zero-order valence-corrected chi connectivity index (χ0v) is 14.4. The van der Waals surface area contributed by atoms with Gasteiger partial charge in [-0.2, -0.15) is 0 Å². The Morgan fingerprint density at radius 3 is 2.71 bits per heavy atom. The predicted molar refractivity (Wildman–Crippen MR) is 92.8 cm³/mol. The normalized spacial score (nSPS) is 21.8. The fraction of sp³-hybridized carbons (Fsp3) is 0.700. The van der Waals surface area contributed by atoms with E-state index in [1.807, 2.05) is 0 Å². The first-order valence-corrected chi connectivity index (χ1v) is 8.90. The third-order valence-corrected chi connectivity index (χ3v) is 5.10. The minimum Gasteiger partial charge on any atom is -0.307 e. The van der Waals surface area contributed by atoms with Crippen molar-refractivity contribution in [2.45, 2.75) is 90.1 Å². The first-order chi connectivity index (χ1) is 10.0. The van der Waals surface area contributed by atoms with Gasteiger partial charge in [0.1, 0.15) is 0 Å². The van der Waals surface area contributed by atoms with Crippen LogP contribution >= 0.6 is 0 Å². The third-order valence-electron chi connectivity index (χ3n) is 5.10. The molecule has 1 aromatic carbocycles. The molecule has 0 radical (unpaired) electrons. The van der Waals surface area contributed by atoms with Gasteiger partial charge in [-0.05, 0) is 42.7 Å². The van der Waals surface area contributed by atoms with E-state index in [1.54, 1.807) is 5.56 Å². The standard InChI is InChI=1S/C20H33N/c1-5-6-7-8-11-16(2)21-19-14-15-20(3,4)18-13-10-9-12-17(18)19/h9-10,12-13,16,19,21H,5-8,11,14-15H2,1-4H3. The molecule has 0 aliphatic heterocycles. The Morgan fingerprint density at radius 2 is 1.95 bits per heavy atom. The molecule has 1 aliphatic carbocycles. The lowest BCUT2D eigenvalue weighted by atomic mass is 9.71. The number of hydrogen-bond donors (Lipinski definition) is 1. The van der Waals surface area contributed by atoms with Gasteiger partial charge in [-0.15, -0.1) is 0 Å². The van der Waals surface area contributed by atoms with E-state index in [-0.39, 0.29) is 0 Å². The number of rotatable bonds is 7. The summed E-state index contributed by atoms with van der Waals surface area (Å²) in [6.45, 7) is 9.41. The van der Waals surface area contributed by atoms with Gasteiger partial charge in [-0.25, -0.2) is 0 Å². The predicted octanol–water partition coefficient (Wildman–Crippen LogP) is 5.75. The van der Waals surface area contributed by atoms with Crippen LogP contribution in [-0.4, -0.2) is 6.04 Å². The number of nitrogens with one attached hydrogen (secondary N) is 1. The van der Waals surface area contributed by atoms with Gasteiger partial charge in [0.15, 0.2) is 0 Å². The van der Waals surface area contributed by atoms with Crippen molar-refractivity contribution in [1.82, 2.24) is 5.32 Å². The molecule has 0 heterocycles. The maximum absolute atomic E-state index is 3.89. The highest BCUT2D eigenvalue weighted by molar-refractivity contribution is 5.38. The Hall–Kier alpha value is -0.820. The van der Waals surface area contributed by atoms with E-state index in [4.69, 9.17) is 0 Å². The summed E-state index contributed by atoms with van der Waals surface area (Å²) in [5, 5.41) is 3.89. The molecular formula is C20H33N. The van der Waals surface area contributed by atoms with Gasteiger partial charge in [-0.1, -0.05) is 70.7 Å². The van der Waals surface area contributed by atoms with Crippen LogP contribution in [0.15, 0.2) is 24.3 Å². The number of benzene rings is 1. The summed E-state index contributed by atoms with van der Waals surface area (Å²) in [5.74, 6) is 0. The van der Waals surface area contributed by atoms with Crippen LogP contribution < -0.4 is 5.32 Å². The zero-order valence-electron chi connectivity index (χ0n) is 14.4. The topological polar surface area (TPSA) is 12.0 Å². The molecule has 1 aromatic rings. The third kappa shape index (κ3) is 4.32. The van der Waals surface area contributed by atoms with E-state index in [9.17, 15) is 0 Å². The second kappa shape index (κ2) is 7.45. The van der Waals surface area contributed by atoms with Gasteiger partial charge in [0.2, 0.25) is 0 Å². The van der Waals surface area contributed by atoms with Crippen LogP contribution in [0.3, 0.4) is 0 Å². The molecule has 118 valence electrons. The average Bonchev–Trinajstić information content (AvgIpc) is 2.47. The second-order valence-electron chi connectivity index (χ2n) is 7.48. The van der Waals surface area contributed by atoms with Crippen molar-refractivity contribution in [1.29, 1.82) is 0 Å². The first kappa shape index (κ1) is 16.5. The van der Waals surface area contributed by atoms with Crippen molar-refractivity contribution in [2.24, 2.45) is 0 Å². The lowest BCUT2D eigenvalue weighted by molar-refractivity contribution is 0.329. The quantitative estimate of drug-likeness (QED) is 0.630. The molecule has 21 heavy (non-hydrogen) atoms. The first-order valence-electron chi connectivity index (χ1n) is 8.90. The molecule has 0 amide bonds. The molecule has 2 atom stereocenters. The Labute approximate surface area is 131 Å². The molecule has 0 spiro atoms. The summed E-state index contributed by atoms with van der Waals surface area (Å²) in [6, 6.07) is 10.2. The zero-order chi connectivity index (χ0) is 15.3. The van der Waals surface area contributed by atoms with Crippen molar-refractivity contribution in [3.8, 4) is 0 Å².